The lowest BCUT2D eigenvalue weighted by Gasteiger charge is -2.09. The van der Waals surface area contributed by atoms with Crippen LogP contribution in [-0.4, -0.2) is 9.97 Å². The van der Waals surface area contributed by atoms with Gasteiger partial charge in [-0.05, 0) is 36.5 Å². The molecule has 2 aromatic heterocycles. The van der Waals surface area contributed by atoms with E-state index >= 15 is 0 Å². The Morgan fingerprint density at radius 3 is 2.50 bits per heavy atom. The number of aromatic nitrogens is 2. The molecule has 0 fully saturated rings. The van der Waals surface area contributed by atoms with Crippen LogP contribution in [0.25, 0.3) is 11.0 Å². The molecule has 2 heterocycles. The lowest BCUT2D eigenvalue weighted by atomic mass is 10.0. The first-order valence-corrected chi connectivity index (χ1v) is 7.71. The lowest BCUT2D eigenvalue weighted by Crippen LogP contribution is -1.97. The minimum Gasteiger partial charge on any atom is -0.487 e. The van der Waals surface area contributed by atoms with Gasteiger partial charge in [-0.1, -0.05) is 38.1 Å². The second-order valence-electron chi connectivity index (χ2n) is 6.09. The molecule has 0 aliphatic rings. The summed E-state index contributed by atoms with van der Waals surface area (Å²) in [6, 6.07) is 10.5. The fourth-order valence-electron chi connectivity index (χ4n) is 2.59. The Labute approximate surface area is 131 Å². The van der Waals surface area contributed by atoms with Gasteiger partial charge in [-0.15, -0.1) is 0 Å². The van der Waals surface area contributed by atoms with Gasteiger partial charge < -0.3 is 9.72 Å². The van der Waals surface area contributed by atoms with Crippen molar-refractivity contribution >= 4 is 11.0 Å². The van der Waals surface area contributed by atoms with Crippen molar-refractivity contribution in [2.24, 2.45) is 0 Å². The fraction of sp³-hybridized carbons (Fsp3) is 0.316. The summed E-state index contributed by atoms with van der Waals surface area (Å²) in [7, 11) is 0. The van der Waals surface area contributed by atoms with Gasteiger partial charge in [0.1, 0.15) is 17.9 Å². The number of nitrogens with zero attached hydrogens (tertiary/aromatic N) is 1. The van der Waals surface area contributed by atoms with Gasteiger partial charge in [0.25, 0.3) is 0 Å². The Hall–Kier alpha value is -2.29. The number of ether oxygens (including phenoxy) is 1. The van der Waals surface area contributed by atoms with Crippen LogP contribution >= 0.6 is 0 Å². The Balaban J connectivity index is 1.80. The average Bonchev–Trinajstić information content (AvgIpc) is 2.81. The number of nitrogens with one attached hydrogen (secondary N) is 1. The third kappa shape index (κ3) is 2.71. The second-order valence-corrected chi connectivity index (χ2v) is 6.09. The number of rotatable bonds is 4. The summed E-state index contributed by atoms with van der Waals surface area (Å²) in [4.78, 5) is 7.81. The van der Waals surface area contributed by atoms with Crippen LogP contribution in [0.1, 0.15) is 42.1 Å². The van der Waals surface area contributed by atoms with Gasteiger partial charge in [-0.3, -0.25) is 4.98 Å². The van der Waals surface area contributed by atoms with Crippen LogP contribution in [0.3, 0.4) is 0 Å². The van der Waals surface area contributed by atoms with Crippen LogP contribution in [0.4, 0.5) is 0 Å². The van der Waals surface area contributed by atoms with E-state index in [-0.39, 0.29) is 0 Å². The zero-order chi connectivity index (χ0) is 15.7. The number of fused-ring (bicyclic) bond motifs is 1. The predicted molar refractivity (Wildman–Crippen MR) is 90.4 cm³/mol. The number of aryl methyl sites for hydroxylation is 2. The molecule has 3 rings (SSSR count). The third-order valence-electron chi connectivity index (χ3n) is 4.18. The van der Waals surface area contributed by atoms with Crippen LogP contribution in [0.5, 0.6) is 5.75 Å². The molecule has 0 radical (unpaired) electrons. The molecule has 114 valence electrons. The molecule has 0 amide bonds. The maximum absolute atomic E-state index is 6.00. The van der Waals surface area contributed by atoms with E-state index in [0.29, 0.717) is 12.5 Å². The Kier molecular flexibility index (Phi) is 3.88. The molecule has 0 saturated carbocycles. The summed E-state index contributed by atoms with van der Waals surface area (Å²) in [5.74, 6) is 1.41. The molecule has 3 aromatic rings. The van der Waals surface area contributed by atoms with Crippen molar-refractivity contribution in [2.75, 3.05) is 0 Å². The predicted octanol–water partition coefficient (Wildman–Crippen LogP) is 4.88. The van der Waals surface area contributed by atoms with E-state index in [1.165, 1.54) is 16.7 Å². The van der Waals surface area contributed by atoms with E-state index in [1.807, 2.05) is 6.07 Å². The molecule has 0 aliphatic carbocycles. The molecule has 1 N–H and O–H groups in total. The molecule has 0 aliphatic heterocycles. The minimum absolute atomic E-state index is 0.555. The van der Waals surface area contributed by atoms with Crippen molar-refractivity contribution in [2.45, 2.75) is 40.2 Å². The van der Waals surface area contributed by atoms with Gasteiger partial charge in [0.05, 0.1) is 5.52 Å². The summed E-state index contributed by atoms with van der Waals surface area (Å²) < 4.78 is 6.00. The van der Waals surface area contributed by atoms with Crippen LogP contribution in [-0.2, 0) is 6.61 Å². The molecule has 0 spiro atoms. The maximum atomic E-state index is 6.00. The lowest BCUT2D eigenvalue weighted by molar-refractivity contribution is 0.309. The molecular formula is C19H22N2O. The van der Waals surface area contributed by atoms with Crippen molar-refractivity contribution in [3.05, 3.63) is 58.9 Å². The van der Waals surface area contributed by atoms with Gasteiger partial charge in [-0.25, -0.2) is 0 Å². The number of hydrogen-bond donors (Lipinski definition) is 1. The first kappa shape index (κ1) is 14.6. The topological polar surface area (TPSA) is 37.9 Å². The Morgan fingerprint density at radius 1 is 1.09 bits per heavy atom. The largest absolute Gasteiger partial charge is 0.487 e. The zero-order valence-electron chi connectivity index (χ0n) is 13.6. The first-order chi connectivity index (χ1) is 10.6. The van der Waals surface area contributed by atoms with E-state index < -0.39 is 0 Å². The standard InChI is InChI=1S/C19H22N2O/c1-12(2)16-7-5-15(6-8-16)11-22-17-9-10-20-18-13(3)14(4)21-19(17)18/h5-10,12,21H,11H2,1-4H3. The Bertz CT molecular complexity index is 785. The molecular weight excluding hydrogens is 272 g/mol. The van der Waals surface area contributed by atoms with Crippen LogP contribution in [0.2, 0.25) is 0 Å². The fourth-order valence-corrected chi connectivity index (χ4v) is 2.59. The van der Waals surface area contributed by atoms with Crippen molar-refractivity contribution in [1.82, 2.24) is 9.97 Å². The Morgan fingerprint density at radius 2 is 1.82 bits per heavy atom. The molecule has 3 heteroatoms. The van der Waals surface area contributed by atoms with Crippen molar-refractivity contribution in [3.8, 4) is 5.75 Å². The smallest absolute Gasteiger partial charge is 0.147 e. The number of pyridine rings is 1. The van der Waals surface area contributed by atoms with E-state index in [9.17, 15) is 0 Å². The second kappa shape index (κ2) is 5.84. The van der Waals surface area contributed by atoms with Gasteiger partial charge in [0.15, 0.2) is 0 Å². The normalized spacial score (nSPS) is 11.3. The molecule has 1 aromatic carbocycles. The summed E-state index contributed by atoms with van der Waals surface area (Å²) in [6.45, 7) is 9.11. The molecule has 0 saturated heterocycles. The highest BCUT2D eigenvalue weighted by atomic mass is 16.5. The van der Waals surface area contributed by atoms with Crippen molar-refractivity contribution in [3.63, 3.8) is 0 Å². The van der Waals surface area contributed by atoms with E-state index in [0.717, 1.165) is 22.5 Å². The number of H-pyrrole nitrogens is 1. The van der Waals surface area contributed by atoms with Crippen LogP contribution in [0, 0.1) is 13.8 Å². The summed E-state index contributed by atoms with van der Waals surface area (Å²) in [6.07, 6.45) is 1.81. The minimum atomic E-state index is 0.555. The molecule has 3 nitrogen and oxygen atoms in total. The third-order valence-corrected chi connectivity index (χ3v) is 4.18. The average molecular weight is 294 g/mol. The summed E-state index contributed by atoms with van der Waals surface area (Å²) in [5.41, 5.74) is 6.82. The molecule has 0 atom stereocenters. The monoisotopic (exact) mass is 294 g/mol. The van der Waals surface area contributed by atoms with E-state index in [2.05, 4.69) is 61.9 Å². The number of benzene rings is 1. The summed E-state index contributed by atoms with van der Waals surface area (Å²) in [5, 5.41) is 0. The van der Waals surface area contributed by atoms with Crippen molar-refractivity contribution in [1.29, 1.82) is 0 Å². The molecule has 0 unspecified atom stereocenters. The van der Waals surface area contributed by atoms with Crippen LogP contribution in [0.15, 0.2) is 36.5 Å². The summed E-state index contributed by atoms with van der Waals surface area (Å²) >= 11 is 0. The van der Waals surface area contributed by atoms with Gasteiger partial charge in [0, 0.05) is 18.0 Å². The first-order valence-electron chi connectivity index (χ1n) is 7.71. The SMILES string of the molecule is Cc1[nH]c2c(OCc3ccc(C(C)C)cc3)ccnc2c1C. The molecule has 0 bridgehead atoms. The maximum Gasteiger partial charge on any atom is 0.147 e. The van der Waals surface area contributed by atoms with Gasteiger partial charge >= 0.3 is 0 Å². The van der Waals surface area contributed by atoms with Gasteiger partial charge in [0.2, 0.25) is 0 Å². The van der Waals surface area contributed by atoms with E-state index in [1.54, 1.807) is 6.20 Å². The molecule has 22 heavy (non-hydrogen) atoms. The highest BCUT2D eigenvalue weighted by molar-refractivity contribution is 5.85. The van der Waals surface area contributed by atoms with Gasteiger partial charge in [-0.2, -0.15) is 0 Å². The number of hydrogen-bond acceptors (Lipinski definition) is 2. The van der Waals surface area contributed by atoms with Crippen LogP contribution < -0.4 is 4.74 Å². The highest BCUT2D eigenvalue weighted by Gasteiger charge is 2.10. The number of aromatic amines is 1. The van der Waals surface area contributed by atoms with Crippen molar-refractivity contribution < 1.29 is 4.74 Å². The highest BCUT2D eigenvalue weighted by Crippen LogP contribution is 2.27. The van der Waals surface area contributed by atoms with E-state index in [4.69, 9.17) is 4.74 Å². The quantitative estimate of drug-likeness (QED) is 0.744. The zero-order valence-corrected chi connectivity index (χ0v) is 13.6.